The quantitative estimate of drug-likeness (QED) is 0.921. The van der Waals surface area contributed by atoms with Gasteiger partial charge < -0.3 is 5.32 Å². The van der Waals surface area contributed by atoms with Crippen molar-refractivity contribution in [3.05, 3.63) is 42.2 Å². The minimum Gasteiger partial charge on any atom is -0.357 e. The van der Waals surface area contributed by atoms with E-state index in [1.807, 2.05) is 24.3 Å². The first kappa shape index (κ1) is 12.6. The fourth-order valence-corrected chi connectivity index (χ4v) is 2.37. The summed E-state index contributed by atoms with van der Waals surface area (Å²) in [6.45, 7) is 0. The smallest absolute Gasteiger partial charge is 0.222 e. The van der Waals surface area contributed by atoms with Gasteiger partial charge >= 0.3 is 0 Å². The number of hydrogen-bond acceptors (Lipinski definition) is 4. The van der Waals surface area contributed by atoms with E-state index < -0.39 is 0 Å². The van der Waals surface area contributed by atoms with E-state index >= 15 is 0 Å². The molecule has 0 bridgehead atoms. The molecular formula is C16H16N4. The van der Waals surface area contributed by atoms with Crippen molar-refractivity contribution in [2.24, 2.45) is 5.92 Å². The van der Waals surface area contributed by atoms with E-state index in [2.05, 4.69) is 21.4 Å². The fourth-order valence-electron chi connectivity index (χ4n) is 2.37. The Morgan fingerprint density at radius 3 is 2.30 bits per heavy atom. The molecule has 4 nitrogen and oxygen atoms in total. The van der Waals surface area contributed by atoms with Gasteiger partial charge in [0.25, 0.3) is 0 Å². The summed E-state index contributed by atoms with van der Waals surface area (Å²) in [6.07, 6.45) is 5.96. The fraction of sp³-hybridized carbons (Fsp3) is 0.312. The van der Waals surface area contributed by atoms with Crippen LogP contribution in [-0.4, -0.2) is 17.0 Å². The normalized spacial score (nSPS) is 15.4. The molecule has 0 aliphatic heterocycles. The molecule has 20 heavy (non-hydrogen) atoms. The number of aromatic nitrogens is 2. The second kappa shape index (κ2) is 5.30. The predicted octanol–water partition coefficient (Wildman–Crippen LogP) is 3.20. The molecule has 1 aromatic heterocycles. The lowest BCUT2D eigenvalue weighted by atomic mass is 9.94. The van der Waals surface area contributed by atoms with E-state index in [-0.39, 0.29) is 5.92 Å². The van der Waals surface area contributed by atoms with Gasteiger partial charge in [0.15, 0.2) is 0 Å². The van der Waals surface area contributed by atoms with Crippen LogP contribution in [0.2, 0.25) is 0 Å². The van der Waals surface area contributed by atoms with E-state index in [1.165, 1.54) is 12.8 Å². The largest absolute Gasteiger partial charge is 0.357 e. The van der Waals surface area contributed by atoms with Gasteiger partial charge in [-0.2, -0.15) is 5.26 Å². The Morgan fingerprint density at radius 1 is 1.15 bits per heavy atom. The standard InChI is InChI=1S/C16H16N4/c1-18-16-19-9-14(10-20-16)11-2-4-12(5-3-11)15(8-17)13-6-7-13/h2-5,9-10,13,15H,6-7H2,1H3,(H,18,19,20). The molecule has 100 valence electrons. The molecule has 1 unspecified atom stereocenters. The maximum atomic E-state index is 9.26. The molecule has 0 radical (unpaired) electrons. The molecule has 0 spiro atoms. The van der Waals surface area contributed by atoms with Crippen LogP contribution >= 0.6 is 0 Å². The Hall–Kier alpha value is -2.41. The summed E-state index contributed by atoms with van der Waals surface area (Å²) < 4.78 is 0. The predicted molar refractivity (Wildman–Crippen MR) is 78.1 cm³/mol. The van der Waals surface area contributed by atoms with Crippen molar-refractivity contribution in [2.75, 3.05) is 12.4 Å². The molecule has 1 heterocycles. The average molecular weight is 264 g/mol. The lowest BCUT2D eigenvalue weighted by molar-refractivity contribution is 0.740. The first-order valence-electron chi connectivity index (χ1n) is 6.81. The van der Waals surface area contributed by atoms with Crippen LogP contribution in [0.5, 0.6) is 0 Å². The first-order chi connectivity index (χ1) is 9.81. The summed E-state index contributed by atoms with van der Waals surface area (Å²) >= 11 is 0. The van der Waals surface area contributed by atoms with Crippen LogP contribution in [-0.2, 0) is 0 Å². The molecule has 2 aromatic rings. The van der Waals surface area contributed by atoms with Crippen molar-refractivity contribution >= 4 is 5.95 Å². The minimum atomic E-state index is 0.0481. The summed E-state index contributed by atoms with van der Waals surface area (Å²) in [6, 6.07) is 10.6. The molecule has 4 heteroatoms. The number of anilines is 1. The van der Waals surface area contributed by atoms with Gasteiger partial charge in [0.05, 0.1) is 12.0 Å². The molecular weight excluding hydrogens is 248 g/mol. The highest BCUT2D eigenvalue weighted by atomic mass is 15.1. The number of benzene rings is 1. The molecule has 1 aliphatic carbocycles. The van der Waals surface area contributed by atoms with Crippen LogP contribution in [0.4, 0.5) is 5.95 Å². The molecule has 0 saturated heterocycles. The van der Waals surface area contributed by atoms with Crippen molar-refractivity contribution in [1.82, 2.24) is 9.97 Å². The van der Waals surface area contributed by atoms with Gasteiger partial charge in [-0.15, -0.1) is 0 Å². The maximum Gasteiger partial charge on any atom is 0.222 e. The highest BCUT2D eigenvalue weighted by Crippen LogP contribution is 2.42. The van der Waals surface area contributed by atoms with Gasteiger partial charge in [-0.05, 0) is 29.9 Å². The van der Waals surface area contributed by atoms with E-state index in [0.717, 1.165) is 16.7 Å². The van der Waals surface area contributed by atoms with E-state index in [9.17, 15) is 5.26 Å². The van der Waals surface area contributed by atoms with E-state index in [0.29, 0.717) is 11.9 Å². The Morgan fingerprint density at radius 2 is 1.80 bits per heavy atom. The summed E-state index contributed by atoms with van der Waals surface area (Å²) in [7, 11) is 1.80. The van der Waals surface area contributed by atoms with Gasteiger partial charge in [0.2, 0.25) is 5.95 Å². The topological polar surface area (TPSA) is 61.6 Å². The summed E-state index contributed by atoms with van der Waals surface area (Å²) in [5.41, 5.74) is 3.17. The van der Waals surface area contributed by atoms with E-state index in [4.69, 9.17) is 0 Å². The molecule has 1 fully saturated rings. The summed E-state index contributed by atoms with van der Waals surface area (Å²) in [4.78, 5) is 8.42. The minimum absolute atomic E-state index is 0.0481. The van der Waals surface area contributed by atoms with Crippen molar-refractivity contribution in [2.45, 2.75) is 18.8 Å². The zero-order valence-electron chi connectivity index (χ0n) is 11.4. The van der Waals surface area contributed by atoms with Gasteiger partial charge in [0, 0.05) is 25.0 Å². The number of hydrogen-bond donors (Lipinski definition) is 1. The maximum absolute atomic E-state index is 9.26. The Bertz CT molecular complexity index is 621. The molecule has 1 aromatic carbocycles. The second-order valence-corrected chi connectivity index (χ2v) is 5.11. The zero-order valence-corrected chi connectivity index (χ0v) is 11.4. The third-order valence-electron chi connectivity index (χ3n) is 3.71. The van der Waals surface area contributed by atoms with Crippen LogP contribution in [0.25, 0.3) is 11.1 Å². The van der Waals surface area contributed by atoms with Crippen molar-refractivity contribution in [1.29, 1.82) is 5.26 Å². The third kappa shape index (κ3) is 2.48. The molecule has 1 aliphatic rings. The molecule has 1 N–H and O–H groups in total. The van der Waals surface area contributed by atoms with Gasteiger partial charge in [0.1, 0.15) is 0 Å². The average Bonchev–Trinajstić information content (AvgIpc) is 3.34. The monoisotopic (exact) mass is 264 g/mol. The molecule has 3 rings (SSSR count). The summed E-state index contributed by atoms with van der Waals surface area (Å²) in [5, 5.41) is 12.2. The Kier molecular flexibility index (Phi) is 3.34. The van der Waals surface area contributed by atoms with E-state index in [1.54, 1.807) is 19.4 Å². The molecule has 1 atom stereocenters. The van der Waals surface area contributed by atoms with Gasteiger partial charge in [-0.1, -0.05) is 24.3 Å². The zero-order chi connectivity index (χ0) is 13.9. The highest BCUT2D eigenvalue weighted by molar-refractivity contribution is 5.62. The lowest BCUT2D eigenvalue weighted by Crippen LogP contribution is -1.98. The SMILES string of the molecule is CNc1ncc(-c2ccc(C(C#N)C3CC3)cc2)cn1. The second-order valence-electron chi connectivity index (χ2n) is 5.11. The number of rotatable bonds is 4. The van der Waals surface area contributed by atoms with Gasteiger partial charge in [-0.3, -0.25) is 0 Å². The molecule has 1 saturated carbocycles. The first-order valence-corrected chi connectivity index (χ1v) is 6.81. The lowest BCUT2D eigenvalue weighted by Gasteiger charge is -2.09. The van der Waals surface area contributed by atoms with Crippen LogP contribution in [0.3, 0.4) is 0 Å². The van der Waals surface area contributed by atoms with Crippen molar-refractivity contribution in [3.8, 4) is 17.2 Å². The third-order valence-corrected chi connectivity index (χ3v) is 3.71. The number of nitriles is 1. The van der Waals surface area contributed by atoms with Gasteiger partial charge in [-0.25, -0.2) is 9.97 Å². The van der Waals surface area contributed by atoms with Crippen LogP contribution in [0, 0.1) is 17.2 Å². The Balaban J connectivity index is 1.83. The summed E-state index contributed by atoms with van der Waals surface area (Å²) in [5.74, 6) is 1.22. The van der Waals surface area contributed by atoms with Crippen LogP contribution in [0.15, 0.2) is 36.7 Å². The number of nitrogens with one attached hydrogen (secondary N) is 1. The van der Waals surface area contributed by atoms with Crippen LogP contribution < -0.4 is 5.32 Å². The Labute approximate surface area is 118 Å². The highest BCUT2D eigenvalue weighted by Gasteiger charge is 2.32. The van der Waals surface area contributed by atoms with Crippen molar-refractivity contribution in [3.63, 3.8) is 0 Å². The van der Waals surface area contributed by atoms with Crippen LogP contribution in [0.1, 0.15) is 24.3 Å². The number of nitrogens with zero attached hydrogens (tertiary/aromatic N) is 3. The van der Waals surface area contributed by atoms with Crippen molar-refractivity contribution < 1.29 is 0 Å². The molecule has 0 amide bonds.